The molecule has 0 saturated heterocycles. The fourth-order valence-electron chi connectivity index (χ4n) is 2.49. The molecule has 2 rings (SSSR count). The Morgan fingerprint density at radius 3 is 2.52 bits per heavy atom. The molecule has 0 radical (unpaired) electrons. The van der Waals surface area contributed by atoms with Crippen molar-refractivity contribution < 1.29 is 5.21 Å². The van der Waals surface area contributed by atoms with Gasteiger partial charge in [0.2, 0.25) is 0 Å². The Morgan fingerprint density at radius 1 is 1.29 bits per heavy atom. The molecule has 0 aliphatic rings. The van der Waals surface area contributed by atoms with Gasteiger partial charge in [0.15, 0.2) is 5.84 Å². The van der Waals surface area contributed by atoms with Gasteiger partial charge in [-0.2, -0.15) is 0 Å². The Labute approximate surface area is 124 Å². The smallest absolute Gasteiger partial charge is 0.174 e. The Hall–Kier alpha value is -2.56. The van der Waals surface area contributed by atoms with Crippen molar-refractivity contribution in [3.63, 3.8) is 0 Å². The minimum Gasteiger partial charge on any atom is -0.409 e. The summed E-state index contributed by atoms with van der Waals surface area (Å²) in [4.78, 5) is 6.54. The molecule has 0 atom stereocenters. The van der Waals surface area contributed by atoms with E-state index < -0.39 is 0 Å². The van der Waals surface area contributed by atoms with Gasteiger partial charge >= 0.3 is 0 Å². The van der Waals surface area contributed by atoms with Gasteiger partial charge in [-0.15, -0.1) is 0 Å². The molecule has 3 N–H and O–H groups in total. The van der Waals surface area contributed by atoms with Crippen molar-refractivity contribution in [3.8, 4) is 0 Å². The lowest BCUT2D eigenvalue weighted by Gasteiger charge is -2.26. The Balaban J connectivity index is 2.66. The zero-order chi connectivity index (χ0) is 15.4. The summed E-state index contributed by atoms with van der Waals surface area (Å²) >= 11 is 0. The number of anilines is 2. The van der Waals surface area contributed by atoms with Crippen LogP contribution in [0.3, 0.4) is 0 Å². The van der Waals surface area contributed by atoms with Crippen LogP contribution in [0.15, 0.2) is 41.6 Å². The standard InChI is InChI=1S/C16H20N4O/c1-4-20(13-8-6-5-7-9-13)14-10-11(2)18-12(3)15(14)16(17)19-21/h5-10,21H,4H2,1-3H3,(H2,17,19). The molecule has 110 valence electrons. The first-order valence-corrected chi connectivity index (χ1v) is 6.87. The van der Waals surface area contributed by atoms with Gasteiger partial charge in [0, 0.05) is 17.9 Å². The first kappa shape index (κ1) is 14.8. The second kappa shape index (κ2) is 6.26. The average Bonchev–Trinajstić information content (AvgIpc) is 2.48. The van der Waals surface area contributed by atoms with Crippen molar-refractivity contribution in [1.82, 2.24) is 4.98 Å². The molecule has 2 aromatic rings. The van der Waals surface area contributed by atoms with E-state index in [0.29, 0.717) is 5.56 Å². The van der Waals surface area contributed by atoms with Crippen LogP contribution >= 0.6 is 0 Å². The molecular formula is C16H20N4O. The van der Waals surface area contributed by atoms with Gasteiger partial charge in [-0.1, -0.05) is 23.4 Å². The Kier molecular flexibility index (Phi) is 4.42. The number of aryl methyl sites for hydroxylation is 2. The number of pyridine rings is 1. The molecule has 0 aliphatic carbocycles. The van der Waals surface area contributed by atoms with Crippen LogP contribution in [-0.4, -0.2) is 22.6 Å². The van der Waals surface area contributed by atoms with E-state index in [4.69, 9.17) is 10.9 Å². The third-order valence-corrected chi connectivity index (χ3v) is 3.35. The predicted octanol–water partition coefficient (Wildman–Crippen LogP) is 2.95. The highest BCUT2D eigenvalue weighted by Gasteiger charge is 2.18. The highest BCUT2D eigenvalue weighted by Crippen LogP contribution is 2.30. The van der Waals surface area contributed by atoms with E-state index in [1.165, 1.54) is 0 Å². The van der Waals surface area contributed by atoms with E-state index >= 15 is 0 Å². The van der Waals surface area contributed by atoms with Crippen LogP contribution in [0.1, 0.15) is 23.9 Å². The largest absolute Gasteiger partial charge is 0.409 e. The molecule has 1 aromatic carbocycles. The molecule has 0 spiro atoms. The fourth-order valence-corrected chi connectivity index (χ4v) is 2.49. The maximum atomic E-state index is 9.05. The Bertz CT molecular complexity index is 653. The molecule has 0 bridgehead atoms. The van der Waals surface area contributed by atoms with Crippen molar-refractivity contribution >= 4 is 17.2 Å². The second-order valence-electron chi connectivity index (χ2n) is 4.81. The molecule has 5 nitrogen and oxygen atoms in total. The summed E-state index contributed by atoms with van der Waals surface area (Å²) in [5.41, 5.74) is 10.1. The van der Waals surface area contributed by atoms with Crippen LogP contribution in [0.25, 0.3) is 0 Å². The van der Waals surface area contributed by atoms with Gasteiger partial charge in [0.05, 0.1) is 16.9 Å². The molecule has 1 heterocycles. The van der Waals surface area contributed by atoms with Crippen LogP contribution in [0.5, 0.6) is 0 Å². The average molecular weight is 284 g/mol. The van der Waals surface area contributed by atoms with Crippen LogP contribution in [-0.2, 0) is 0 Å². The fraction of sp³-hybridized carbons (Fsp3) is 0.250. The Morgan fingerprint density at radius 2 is 1.95 bits per heavy atom. The number of oxime groups is 1. The number of rotatable bonds is 4. The number of benzene rings is 1. The van der Waals surface area contributed by atoms with Crippen LogP contribution < -0.4 is 10.6 Å². The lowest BCUT2D eigenvalue weighted by atomic mass is 10.1. The quantitative estimate of drug-likeness (QED) is 0.392. The molecule has 0 amide bonds. The molecule has 21 heavy (non-hydrogen) atoms. The van der Waals surface area contributed by atoms with Crippen LogP contribution in [0.4, 0.5) is 11.4 Å². The SMILES string of the molecule is CCN(c1ccccc1)c1cc(C)nc(C)c1/C(N)=N/O. The van der Waals surface area contributed by atoms with Crippen molar-refractivity contribution in [1.29, 1.82) is 0 Å². The zero-order valence-electron chi connectivity index (χ0n) is 12.5. The number of hydrogen-bond donors (Lipinski definition) is 2. The first-order chi connectivity index (χ1) is 10.1. The summed E-state index contributed by atoms with van der Waals surface area (Å²) in [6.07, 6.45) is 0. The number of nitrogens with zero attached hydrogens (tertiary/aromatic N) is 3. The maximum Gasteiger partial charge on any atom is 0.174 e. The van der Waals surface area contributed by atoms with E-state index in [9.17, 15) is 0 Å². The summed E-state index contributed by atoms with van der Waals surface area (Å²) in [7, 11) is 0. The zero-order valence-corrected chi connectivity index (χ0v) is 12.5. The van der Waals surface area contributed by atoms with Gasteiger partial charge in [-0.3, -0.25) is 4.98 Å². The lowest BCUT2D eigenvalue weighted by molar-refractivity contribution is 0.318. The summed E-state index contributed by atoms with van der Waals surface area (Å²) in [5.74, 6) is 0.0735. The molecule has 0 saturated carbocycles. The number of nitrogens with two attached hydrogens (primary N) is 1. The van der Waals surface area contributed by atoms with Gasteiger partial charge in [0.1, 0.15) is 0 Å². The third-order valence-electron chi connectivity index (χ3n) is 3.35. The van der Waals surface area contributed by atoms with E-state index in [1.54, 1.807) is 0 Å². The number of para-hydroxylation sites is 1. The summed E-state index contributed by atoms with van der Waals surface area (Å²) < 4.78 is 0. The molecule has 0 aliphatic heterocycles. The highest BCUT2D eigenvalue weighted by atomic mass is 16.4. The van der Waals surface area contributed by atoms with E-state index in [-0.39, 0.29) is 5.84 Å². The number of amidine groups is 1. The second-order valence-corrected chi connectivity index (χ2v) is 4.81. The van der Waals surface area contributed by atoms with E-state index in [2.05, 4.69) is 22.0 Å². The number of aromatic nitrogens is 1. The lowest BCUT2D eigenvalue weighted by Crippen LogP contribution is -2.24. The third kappa shape index (κ3) is 2.97. The highest BCUT2D eigenvalue weighted by molar-refractivity contribution is 6.04. The first-order valence-electron chi connectivity index (χ1n) is 6.87. The summed E-state index contributed by atoms with van der Waals surface area (Å²) in [5, 5.41) is 12.2. The minimum atomic E-state index is 0.0735. The van der Waals surface area contributed by atoms with Crippen molar-refractivity contribution in [2.45, 2.75) is 20.8 Å². The molecule has 0 fully saturated rings. The number of hydrogen-bond acceptors (Lipinski definition) is 4. The molecule has 1 aromatic heterocycles. The summed E-state index contributed by atoms with van der Waals surface area (Å²) in [6, 6.07) is 12.0. The van der Waals surface area contributed by atoms with Crippen LogP contribution in [0.2, 0.25) is 0 Å². The van der Waals surface area contributed by atoms with Crippen molar-refractivity contribution in [2.24, 2.45) is 10.9 Å². The van der Waals surface area contributed by atoms with Crippen molar-refractivity contribution in [2.75, 3.05) is 11.4 Å². The van der Waals surface area contributed by atoms with Crippen molar-refractivity contribution in [3.05, 3.63) is 53.3 Å². The molecule has 0 unspecified atom stereocenters. The maximum absolute atomic E-state index is 9.05. The van der Waals surface area contributed by atoms with E-state index in [1.807, 2.05) is 50.2 Å². The normalized spacial score (nSPS) is 11.5. The van der Waals surface area contributed by atoms with Gasteiger partial charge < -0.3 is 15.8 Å². The minimum absolute atomic E-state index is 0.0735. The topological polar surface area (TPSA) is 74.7 Å². The predicted molar refractivity (Wildman–Crippen MR) is 85.3 cm³/mol. The van der Waals surface area contributed by atoms with Crippen LogP contribution in [0, 0.1) is 13.8 Å². The molecule has 5 heteroatoms. The molecular weight excluding hydrogens is 264 g/mol. The monoisotopic (exact) mass is 284 g/mol. The van der Waals surface area contributed by atoms with Gasteiger partial charge in [-0.25, -0.2) is 0 Å². The van der Waals surface area contributed by atoms with Gasteiger partial charge in [-0.05, 0) is 39.0 Å². The van der Waals surface area contributed by atoms with E-state index in [0.717, 1.165) is 29.3 Å². The van der Waals surface area contributed by atoms with Gasteiger partial charge in [0.25, 0.3) is 0 Å². The summed E-state index contributed by atoms with van der Waals surface area (Å²) in [6.45, 7) is 6.63.